The van der Waals surface area contributed by atoms with Crippen LogP contribution < -0.4 is 4.90 Å². The Morgan fingerprint density at radius 3 is 3.00 bits per heavy atom. The molecular weight excluding hydrogens is 233 g/mol. The number of nitrogens with zero attached hydrogens (tertiary/aromatic N) is 1. The Hall–Kier alpha value is -1.42. The summed E-state index contributed by atoms with van der Waals surface area (Å²) in [7, 11) is 0. The van der Waals surface area contributed by atoms with Gasteiger partial charge in [-0.3, -0.25) is 4.79 Å². The van der Waals surface area contributed by atoms with E-state index in [1.165, 1.54) is 19.1 Å². The van der Waals surface area contributed by atoms with Crippen molar-refractivity contribution in [2.75, 3.05) is 24.6 Å². The fourth-order valence-electron chi connectivity index (χ4n) is 2.54. The van der Waals surface area contributed by atoms with Crippen molar-refractivity contribution in [2.24, 2.45) is 5.92 Å². The average Bonchev–Trinajstić information content (AvgIpc) is 2.78. The summed E-state index contributed by atoms with van der Waals surface area (Å²) in [6.45, 7) is 3.34. The summed E-state index contributed by atoms with van der Waals surface area (Å²) in [6, 6.07) is 4.37. The van der Waals surface area contributed by atoms with Gasteiger partial charge in [-0.15, -0.1) is 0 Å². The maximum absolute atomic E-state index is 13.2. The average molecular weight is 251 g/mol. The van der Waals surface area contributed by atoms with Gasteiger partial charge in [0.2, 0.25) is 0 Å². The fraction of sp³-hybridized carbons (Fsp3) is 0.500. The number of hydrogen-bond acceptors (Lipinski definition) is 3. The van der Waals surface area contributed by atoms with Gasteiger partial charge in [-0.25, -0.2) is 4.39 Å². The third-order valence-electron chi connectivity index (χ3n) is 3.50. The van der Waals surface area contributed by atoms with E-state index < -0.39 is 0 Å². The number of rotatable bonds is 4. The standard InChI is InChI=1S/C14H18FNO2/c1-10(18)13-8-12(15)2-3-14(13)16-6-4-11(9-16)5-7-17/h2-3,8,11,17H,4-7,9H2,1H3. The molecule has 0 amide bonds. The van der Waals surface area contributed by atoms with E-state index in [1.54, 1.807) is 6.07 Å². The molecule has 1 heterocycles. The third-order valence-corrected chi connectivity index (χ3v) is 3.50. The molecule has 18 heavy (non-hydrogen) atoms. The molecule has 1 aliphatic rings. The number of halogens is 1. The number of hydrogen-bond donors (Lipinski definition) is 1. The van der Waals surface area contributed by atoms with Crippen molar-refractivity contribution in [3.8, 4) is 0 Å². The van der Waals surface area contributed by atoms with Crippen molar-refractivity contribution in [1.29, 1.82) is 0 Å². The predicted octanol–water partition coefficient (Wildman–Crippen LogP) is 2.24. The number of carbonyl (C=O) groups excluding carboxylic acids is 1. The van der Waals surface area contributed by atoms with Crippen molar-refractivity contribution in [2.45, 2.75) is 19.8 Å². The summed E-state index contributed by atoms with van der Waals surface area (Å²) in [5.74, 6) is -0.0370. The molecule has 2 rings (SSSR count). The molecule has 1 N–H and O–H groups in total. The maximum atomic E-state index is 13.2. The van der Waals surface area contributed by atoms with Gasteiger partial charge in [0.15, 0.2) is 5.78 Å². The number of Topliss-reactive ketones (excluding diaryl/α,β-unsaturated/α-hetero) is 1. The highest BCUT2D eigenvalue weighted by molar-refractivity contribution is 5.99. The molecule has 1 aliphatic heterocycles. The zero-order chi connectivity index (χ0) is 13.1. The first kappa shape index (κ1) is 13.0. The van der Waals surface area contributed by atoms with E-state index in [0.29, 0.717) is 11.5 Å². The minimum Gasteiger partial charge on any atom is -0.396 e. The van der Waals surface area contributed by atoms with Gasteiger partial charge in [0.1, 0.15) is 5.82 Å². The molecule has 0 bridgehead atoms. The van der Waals surface area contributed by atoms with E-state index in [4.69, 9.17) is 5.11 Å². The largest absolute Gasteiger partial charge is 0.396 e. The van der Waals surface area contributed by atoms with E-state index in [0.717, 1.165) is 31.6 Å². The van der Waals surface area contributed by atoms with E-state index in [-0.39, 0.29) is 18.2 Å². The highest BCUT2D eigenvalue weighted by atomic mass is 19.1. The summed E-state index contributed by atoms with van der Waals surface area (Å²) in [6.07, 6.45) is 1.79. The number of carbonyl (C=O) groups is 1. The molecule has 1 aromatic carbocycles. The molecule has 1 atom stereocenters. The van der Waals surface area contributed by atoms with Crippen molar-refractivity contribution in [3.05, 3.63) is 29.6 Å². The Morgan fingerprint density at radius 1 is 1.56 bits per heavy atom. The number of anilines is 1. The number of aliphatic hydroxyl groups excluding tert-OH is 1. The second-order valence-corrected chi connectivity index (χ2v) is 4.83. The Morgan fingerprint density at radius 2 is 2.33 bits per heavy atom. The van der Waals surface area contributed by atoms with Gasteiger partial charge >= 0.3 is 0 Å². The van der Waals surface area contributed by atoms with Crippen LogP contribution in [0.15, 0.2) is 18.2 Å². The lowest BCUT2D eigenvalue weighted by Gasteiger charge is -2.21. The predicted molar refractivity (Wildman–Crippen MR) is 68.4 cm³/mol. The first-order chi connectivity index (χ1) is 8.61. The zero-order valence-electron chi connectivity index (χ0n) is 10.5. The van der Waals surface area contributed by atoms with Crippen LogP contribution in [-0.2, 0) is 0 Å². The molecule has 0 spiro atoms. The van der Waals surface area contributed by atoms with Gasteiger partial charge in [0.05, 0.1) is 0 Å². The highest BCUT2D eigenvalue weighted by Gasteiger charge is 2.24. The van der Waals surface area contributed by atoms with Crippen LogP contribution in [-0.4, -0.2) is 30.6 Å². The van der Waals surface area contributed by atoms with E-state index in [2.05, 4.69) is 4.90 Å². The molecule has 0 radical (unpaired) electrons. The first-order valence-electron chi connectivity index (χ1n) is 6.28. The van der Waals surface area contributed by atoms with E-state index in [9.17, 15) is 9.18 Å². The number of benzene rings is 1. The van der Waals surface area contributed by atoms with Crippen LogP contribution in [0.4, 0.5) is 10.1 Å². The van der Waals surface area contributed by atoms with Crippen molar-refractivity contribution < 1.29 is 14.3 Å². The molecule has 98 valence electrons. The molecule has 4 heteroatoms. The van der Waals surface area contributed by atoms with Crippen LogP contribution in [0.25, 0.3) is 0 Å². The van der Waals surface area contributed by atoms with Gasteiger partial charge in [-0.05, 0) is 43.9 Å². The summed E-state index contributed by atoms with van der Waals surface area (Å²) < 4.78 is 13.2. The maximum Gasteiger partial charge on any atom is 0.161 e. The molecule has 0 saturated carbocycles. The SMILES string of the molecule is CC(=O)c1cc(F)ccc1N1CCC(CCO)C1. The van der Waals surface area contributed by atoms with Gasteiger partial charge in [-0.2, -0.15) is 0 Å². The second kappa shape index (κ2) is 5.48. The molecule has 1 fully saturated rings. The minimum atomic E-state index is -0.380. The van der Waals surface area contributed by atoms with Crippen molar-refractivity contribution in [1.82, 2.24) is 0 Å². The summed E-state index contributed by atoms with van der Waals surface area (Å²) in [5.41, 5.74) is 1.25. The van der Waals surface area contributed by atoms with Crippen molar-refractivity contribution in [3.63, 3.8) is 0 Å². The topological polar surface area (TPSA) is 40.5 Å². The van der Waals surface area contributed by atoms with Crippen LogP contribution in [0.3, 0.4) is 0 Å². The molecular formula is C14H18FNO2. The van der Waals surface area contributed by atoms with Crippen LogP contribution in [0.2, 0.25) is 0 Å². The molecule has 1 unspecified atom stereocenters. The third kappa shape index (κ3) is 2.70. The fourth-order valence-corrected chi connectivity index (χ4v) is 2.54. The second-order valence-electron chi connectivity index (χ2n) is 4.83. The highest BCUT2D eigenvalue weighted by Crippen LogP contribution is 2.29. The summed E-state index contributed by atoms with van der Waals surface area (Å²) in [4.78, 5) is 13.7. The summed E-state index contributed by atoms with van der Waals surface area (Å²) >= 11 is 0. The Kier molecular flexibility index (Phi) is 3.97. The Labute approximate surface area is 106 Å². The Balaban J connectivity index is 2.21. The normalized spacial score (nSPS) is 19.3. The van der Waals surface area contributed by atoms with Gasteiger partial charge in [0.25, 0.3) is 0 Å². The summed E-state index contributed by atoms with van der Waals surface area (Å²) in [5, 5.41) is 8.94. The number of ketones is 1. The Bertz CT molecular complexity index is 447. The van der Waals surface area contributed by atoms with Gasteiger partial charge in [-0.1, -0.05) is 0 Å². The molecule has 1 aromatic rings. The lowest BCUT2D eigenvalue weighted by atomic mass is 10.1. The van der Waals surface area contributed by atoms with Gasteiger partial charge in [0, 0.05) is 30.9 Å². The van der Waals surface area contributed by atoms with E-state index >= 15 is 0 Å². The molecule has 0 aliphatic carbocycles. The van der Waals surface area contributed by atoms with Crippen LogP contribution in [0.5, 0.6) is 0 Å². The molecule has 0 aromatic heterocycles. The lowest BCUT2D eigenvalue weighted by molar-refractivity contribution is 0.101. The molecule has 1 saturated heterocycles. The molecule has 3 nitrogen and oxygen atoms in total. The quantitative estimate of drug-likeness (QED) is 0.834. The first-order valence-corrected chi connectivity index (χ1v) is 6.28. The monoisotopic (exact) mass is 251 g/mol. The number of aliphatic hydroxyl groups is 1. The minimum absolute atomic E-state index is 0.116. The van der Waals surface area contributed by atoms with E-state index in [1.807, 2.05) is 0 Å². The van der Waals surface area contributed by atoms with Crippen molar-refractivity contribution >= 4 is 11.5 Å². The lowest BCUT2D eigenvalue weighted by Crippen LogP contribution is -2.22. The zero-order valence-corrected chi connectivity index (χ0v) is 10.5. The van der Waals surface area contributed by atoms with Crippen LogP contribution in [0.1, 0.15) is 30.1 Å². The van der Waals surface area contributed by atoms with Crippen LogP contribution >= 0.6 is 0 Å². The smallest absolute Gasteiger partial charge is 0.161 e. The van der Waals surface area contributed by atoms with Gasteiger partial charge < -0.3 is 10.0 Å². The van der Waals surface area contributed by atoms with Crippen LogP contribution in [0, 0.1) is 11.7 Å².